The van der Waals surface area contributed by atoms with Crippen LogP contribution in [0, 0.1) is 0 Å². The zero-order chi connectivity index (χ0) is 7.98. The Hall–Kier alpha value is 0.640. The number of carbonyl (C=O) groups is 1. The van der Waals surface area contributed by atoms with Crippen LogP contribution in [0.25, 0.3) is 0 Å². The molecule has 0 aromatic carbocycles. The number of aliphatic carboxylic acids is 1. The fourth-order valence-electron chi connectivity index (χ4n) is 0.410. The molecule has 0 aromatic rings. The third-order valence-corrected chi connectivity index (χ3v) is 4.15. The number of rotatable bonds is 5. The summed E-state index contributed by atoms with van der Waals surface area (Å²) in [6, 6.07) is -0.405. The van der Waals surface area contributed by atoms with Crippen molar-refractivity contribution in [3.05, 3.63) is 0 Å². The summed E-state index contributed by atoms with van der Waals surface area (Å²) in [6.07, 6.45) is 0. The van der Waals surface area contributed by atoms with Gasteiger partial charge in [0.25, 0.3) is 0 Å². The van der Waals surface area contributed by atoms with Crippen molar-refractivity contribution >= 4 is 33.8 Å². The van der Waals surface area contributed by atoms with Crippen LogP contribution in [0.4, 0.5) is 0 Å². The minimum atomic E-state index is -0.779. The van der Waals surface area contributed by atoms with E-state index in [1.54, 1.807) is 18.4 Å². The molecule has 0 aliphatic carbocycles. The van der Waals surface area contributed by atoms with Gasteiger partial charge in [0.05, 0.1) is 0 Å². The molecular formula is C5H15NO2P2S. The van der Waals surface area contributed by atoms with Gasteiger partial charge < -0.3 is 10.4 Å². The molecule has 0 aliphatic rings. The molecule has 11 heavy (non-hydrogen) atoms. The van der Waals surface area contributed by atoms with Crippen molar-refractivity contribution in [1.29, 1.82) is 0 Å². The summed E-state index contributed by atoms with van der Waals surface area (Å²) in [6.45, 7) is 0. The van der Waals surface area contributed by atoms with E-state index in [9.17, 15) is 4.79 Å². The van der Waals surface area contributed by atoms with Crippen LogP contribution in [0.2, 0.25) is 0 Å². The lowest BCUT2D eigenvalue weighted by Crippen LogP contribution is -2.35. The first-order valence-electron chi connectivity index (χ1n) is 2.69. The summed E-state index contributed by atoms with van der Waals surface area (Å²) < 4.78 is 0. The third kappa shape index (κ3) is 7.02. The standard InChI is InChI=1S/C4H11NO2P2S.CH4/c1-5-3(4(6)7)2-10-9-8;/h3,5,9H,2,8H2,1H3,(H,6,7);1H4. The number of likely N-dealkylation sites (N-methyl/N-ethyl adjacent to an activating group) is 1. The van der Waals surface area contributed by atoms with Gasteiger partial charge in [0.2, 0.25) is 0 Å². The van der Waals surface area contributed by atoms with Crippen LogP contribution in [-0.2, 0) is 4.79 Å². The second-order valence-corrected chi connectivity index (χ2v) is 6.16. The Labute approximate surface area is 75.7 Å². The Kier molecular flexibility index (Phi) is 11.3. The van der Waals surface area contributed by atoms with Crippen molar-refractivity contribution < 1.29 is 9.90 Å². The van der Waals surface area contributed by atoms with Crippen LogP contribution < -0.4 is 5.32 Å². The van der Waals surface area contributed by atoms with Gasteiger partial charge in [-0.25, -0.2) is 0 Å². The number of carboxylic acids is 1. The molecule has 0 saturated carbocycles. The summed E-state index contributed by atoms with van der Waals surface area (Å²) in [5.41, 5.74) is 0. The van der Waals surface area contributed by atoms with Crippen LogP contribution in [0.5, 0.6) is 0 Å². The van der Waals surface area contributed by atoms with Crippen molar-refractivity contribution in [2.75, 3.05) is 12.8 Å². The fourth-order valence-corrected chi connectivity index (χ4v) is 2.64. The predicted molar refractivity (Wildman–Crippen MR) is 57.7 cm³/mol. The molecule has 0 heterocycles. The molecule has 2 N–H and O–H groups in total. The highest BCUT2D eigenvalue weighted by atomic mass is 32.9. The average molecular weight is 215 g/mol. The molecule has 0 fully saturated rings. The highest BCUT2D eigenvalue weighted by molar-refractivity contribution is 8.64. The van der Waals surface area contributed by atoms with E-state index < -0.39 is 12.0 Å². The molecule has 0 aromatic heterocycles. The van der Waals surface area contributed by atoms with Gasteiger partial charge in [-0.3, -0.25) is 4.79 Å². The second kappa shape index (κ2) is 8.73. The van der Waals surface area contributed by atoms with Gasteiger partial charge in [0.1, 0.15) is 6.04 Å². The van der Waals surface area contributed by atoms with Gasteiger partial charge >= 0.3 is 5.97 Å². The molecule has 0 rings (SSSR count). The van der Waals surface area contributed by atoms with E-state index in [1.165, 1.54) is 0 Å². The lowest BCUT2D eigenvalue weighted by Gasteiger charge is -2.08. The van der Waals surface area contributed by atoms with Crippen molar-refractivity contribution in [3.8, 4) is 0 Å². The molecular weight excluding hydrogens is 200 g/mol. The van der Waals surface area contributed by atoms with Crippen molar-refractivity contribution in [2.45, 2.75) is 13.5 Å². The van der Waals surface area contributed by atoms with Gasteiger partial charge in [0.15, 0.2) is 0 Å². The van der Waals surface area contributed by atoms with Crippen molar-refractivity contribution in [1.82, 2.24) is 5.32 Å². The first-order chi connectivity index (χ1) is 4.72. The van der Waals surface area contributed by atoms with Crippen LogP contribution in [0.3, 0.4) is 0 Å². The van der Waals surface area contributed by atoms with Crippen molar-refractivity contribution in [2.24, 2.45) is 0 Å². The Morgan fingerprint density at radius 1 is 1.91 bits per heavy atom. The zero-order valence-electron chi connectivity index (χ0n) is 5.63. The minimum Gasteiger partial charge on any atom is -0.480 e. The number of hydrogen-bond acceptors (Lipinski definition) is 3. The topological polar surface area (TPSA) is 49.3 Å². The molecule has 0 spiro atoms. The highest BCUT2D eigenvalue weighted by Crippen LogP contribution is 2.36. The second-order valence-electron chi connectivity index (χ2n) is 1.61. The summed E-state index contributed by atoms with van der Waals surface area (Å²) in [7, 11) is 4.90. The van der Waals surface area contributed by atoms with E-state index in [0.29, 0.717) is 13.2 Å². The largest absolute Gasteiger partial charge is 0.480 e. The van der Waals surface area contributed by atoms with Gasteiger partial charge in [-0.1, -0.05) is 7.43 Å². The van der Waals surface area contributed by atoms with Gasteiger partial charge in [-0.2, -0.15) is 0 Å². The molecule has 3 atom stereocenters. The van der Waals surface area contributed by atoms with E-state index in [-0.39, 0.29) is 7.43 Å². The molecule has 0 radical (unpaired) electrons. The number of nitrogens with one attached hydrogen (secondary N) is 1. The Morgan fingerprint density at radius 3 is 2.73 bits per heavy atom. The lowest BCUT2D eigenvalue weighted by molar-refractivity contribution is -0.138. The van der Waals surface area contributed by atoms with E-state index in [2.05, 4.69) is 14.2 Å². The SMILES string of the molecule is C.CNC(CSPP)C(=O)O. The monoisotopic (exact) mass is 215 g/mol. The quantitative estimate of drug-likeness (QED) is 0.681. The molecule has 6 heteroatoms. The van der Waals surface area contributed by atoms with E-state index >= 15 is 0 Å². The summed E-state index contributed by atoms with van der Waals surface area (Å²) in [5.74, 6) is -0.147. The van der Waals surface area contributed by atoms with Crippen molar-refractivity contribution in [3.63, 3.8) is 0 Å². The van der Waals surface area contributed by atoms with Crippen LogP contribution in [0.1, 0.15) is 7.43 Å². The van der Waals surface area contributed by atoms with E-state index in [4.69, 9.17) is 5.11 Å². The third-order valence-electron chi connectivity index (χ3n) is 0.980. The van der Waals surface area contributed by atoms with E-state index in [0.717, 1.165) is 0 Å². The first kappa shape index (κ1) is 14.2. The highest BCUT2D eigenvalue weighted by Gasteiger charge is 2.13. The predicted octanol–water partition coefficient (Wildman–Crippen LogP) is 1.41. The minimum absolute atomic E-state index is 0. The van der Waals surface area contributed by atoms with E-state index in [1.807, 2.05) is 0 Å². The molecule has 0 bridgehead atoms. The zero-order valence-corrected chi connectivity index (χ0v) is 8.60. The molecule has 0 saturated heterocycles. The summed E-state index contributed by atoms with van der Waals surface area (Å²) in [4.78, 5) is 10.4. The Bertz CT molecular complexity index is 115. The molecule has 3 unspecified atom stereocenters. The normalized spacial score (nSPS) is 12.9. The summed E-state index contributed by atoms with van der Waals surface area (Å²) >= 11 is 1.62. The van der Waals surface area contributed by atoms with Gasteiger partial charge in [0, 0.05) is 5.75 Å². The average Bonchev–Trinajstić information content (AvgIpc) is 1.89. The maximum Gasteiger partial charge on any atom is 0.321 e. The Balaban J connectivity index is 0. The Morgan fingerprint density at radius 2 is 2.45 bits per heavy atom. The van der Waals surface area contributed by atoms with Crippen LogP contribution >= 0.6 is 27.8 Å². The van der Waals surface area contributed by atoms with Crippen LogP contribution in [-0.4, -0.2) is 29.9 Å². The lowest BCUT2D eigenvalue weighted by atomic mass is 10.3. The fraction of sp³-hybridized carbons (Fsp3) is 0.800. The van der Waals surface area contributed by atoms with Gasteiger partial charge in [-0.15, -0.1) is 20.3 Å². The number of carboxylic acid groups (broad SMARTS) is 1. The molecule has 68 valence electrons. The number of hydrogen-bond donors (Lipinski definition) is 2. The maximum atomic E-state index is 10.4. The summed E-state index contributed by atoms with van der Waals surface area (Å²) in [5, 5.41) is 11.2. The first-order valence-corrected chi connectivity index (χ1v) is 7.21. The maximum absolute atomic E-state index is 10.4. The van der Waals surface area contributed by atoms with Gasteiger partial charge in [-0.05, 0) is 14.5 Å². The molecule has 0 amide bonds. The van der Waals surface area contributed by atoms with Crippen LogP contribution in [0.15, 0.2) is 0 Å². The smallest absolute Gasteiger partial charge is 0.321 e. The molecule has 0 aliphatic heterocycles. The molecule has 3 nitrogen and oxygen atoms in total.